The fourth-order valence-electron chi connectivity index (χ4n) is 3.25. The second kappa shape index (κ2) is 8.84. The summed E-state index contributed by atoms with van der Waals surface area (Å²) in [5, 5.41) is 8.66. The molecule has 0 aliphatic carbocycles. The van der Waals surface area contributed by atoms with Crippen LogP contribution in [0.15, 0.2) is 84.1 Å². The molecule has 5 nitrogen and oxygen atoms in total. The Morgan fingerprint density at radius 3 is 2.53 bits per heavy atom. The summed E-state index contributed by atoms with van der Waals surface area (Å²) < 4.78 is 2.16. The predicted octanol–water partition coefficient (Wildman–Crippen LogP) is 5.81. The summed E-state index contributed by atoms with van der Waals surface area (Å²) in [7, 11) is 0. The van der Waals surface area contributed by atoms with E-state index in [-0.39, 0.29) is 6.03 Å². The van der Waals surface area contributed by atoms with E-state index >= 15 is 0 Å². The van der Waals surface area contributed by atoms with Gasteiger partial charge in [-0.25, -0.2) is 10.2 Å². The SMILES string of the molecule is Cc1ccc(NC(=O)NN=Cc2cn(Cc3ccc(Cl)cc3)c3ccccc23)cc1. The number of hydrazone groups is 1. The zero-order chi connectivity index (χ0) is 20.9. The van der Waals surface area contributed by atoms with Crippen LogP contribution in [0.3, 0.4) is 0 Å². The summed E-state index contributed by atoms with van der Waals surface area (Å²) in [6, 6.07) is 23.1. The van der Waals surface area contributed by atoms with Crippen LogP contribution in [0.5, 0.6) is 0 Å². The van der Waals surface area contributed by atoms with E-state index in [0.29, 0.717) is 12.2 Å². The number of hydrogen-bond acceptors (Lipinski definition) is 2. The number of nitrogens with one attached hydrogen (secondary N) is 2. The summed E-state index contributed by atoms with van der Waals surface area (Å²) in [6.07, 6.45) is 3.69. The van der Waals surface area contributed by atoms with Gasteiger partial charge in [0.25, 0.3) is 0 Å². The summed E-state index contributed by atoms with van der Waals surface area (Å²) >= 11 is 5.99. The lowest BCUT2D eigenvalue weighted by molar-refractivity contribution is 0.252. The fourth-order valence-corrected chi connectivity index (χ4v) is 3.38. The first-order chi connectivity index (χ1) is 14.6. The van der Waals surface area contributed by atoms with Gasteiger partial charge in [-0.05, 0) is 42.8 Å². The number of fused-ring (bicyclic) bond motifs is 1. The van der Waals surface area contributed by atoms with Crippen LogP contribution < -0.4 is 10.7 Å². The Bertz CT molecular complexity index is 1190. The van der Waals surface area contributed by atoms with E-state index in [1.807, 2.05) is 79.9 Å². The Morgan fingerprint density at radius 2 is 1.77 bits per heavy atom. The smallest absolute Gasteiger partial charge is 0.339 e. The zero-order valence-electron chi connectivity index (χ0n) is 16.5. The number of aromatic nitrogens is 1. The van der Waals surface area contributed by atoms with Gasteiger partial charge in [-0.3, -0.25) is 0 Å². The second-order valence-electron chi connectivity index (χ2n) is 7.05. The highest BCUT2D eigenvalue weighted by molar-refractivity contribution is 6.30. The van der Waals surface area contributed by atoms with E-state index in [2.05, 4.69) is 26.5 Å². The van der Waals surface area contributed by atoms with Gasteiger partial charge in [-0.1, -0.05) is 59.6 Å². The average molecular weight is 417 g/mol. The summed E-state index contributed by atoms with van der Waals surface area (Å²) in [6.45, 7) is 2.71. The highest BCUT2D eigenvalue weighted by Crippen LogP contribution is 2.21. The number of rotatable bonds is 5. The van der Waals surface area contributed by atoms with Crippen molar-refractivity contribution in [1.29, 1.82) is 0 Å². The van der Waals surface area contributed by atoms with E-state index < -0.39 is 0 Å². The lowest BCUT2D eigenvalue weighted by Gasteiger charge is -2.05. The summed E-state index contributed by atoms with van der Waals surface area (Å²) in [4.78, 5) is 12.1. The van der Waals surface area contributed by atoms with E-state index in [4.69, 9.17) is 11.6 Å². The number of nitrogens with zero attached hydrogens (tertiary/aromatic N) is 2. The van der Waals surface area contributed by atoms with Crippen molar-refractivity contribution in [3.05, 3.63) is 101 Å². The number of urea groups is 1. The molecular weight excluding hydrogens is 396 g/mol. The van der Waals surface area contributed by atoms with Crippen molar-refractivity contribution >= 4 is 40.4 Å². The van der Waals surface area contributed by atoms with E-state index in [9.17, 15) is 4.79 Å². The molecule has 0 radical (unpaired) electrons. The molecule has 2 amide bonds. The number of benzene rings is 3. The molecule has 0 spiro atoms. The Kier molecular flexibility index (Phi) is 5.82. The van der Waals surface area contributed by atoms with Crippen molar-refractivity contribution in [3.8, 4) is 0 Å². The number of halogens is 1. The molecule has 1 aromatic heterocycles. The molecule has 0 saturated carbocycles. The molecule has 0 saturated heterocycles. The Morgan fingerprint density at radius 1 is 1.03 bits per heavy atom. The number of amides is 2. The van der Waals surface area contributed by atoms with E-state index in [1.54, 1.807) is 6.21 Å². The van der Waals surface area contributed by atoms with Crippen molar-refractivity contribution in [2.24, 2.45) is 5.10 Å². The Balaban J connectivity index is 1.49. The standard InChI is InChI=1S/C24H21ClN4O/c1-17-6-12-21(13-7-17)27-24(30)28-26-14-19-16-29(23-5-3-2-4-22(19)23)15-18-8-10-20(25)11-9-18/h2-14,16H,15H2,1H3,(H2,27,28,30). The van der Waals surface area contributed by atoms with Crippen molar-refractivity contribution in [2.75, 3.05) is 5.32 Å². The topological polar surface area (TPSA) is 58.4 Å². The maximum atomic E-state index is 12.1. The zero-order valence-corrected chi connectivity index (χ0v) is 17.2. The van der Waals surface area contributed by atoms with E-state index in [0.717, 1.165) is 32.6 Å². The third-order valence-corrected chi connectivity index (χ3v) is 5.02. The molecule has 150 valence electrons. The summed E-state index contributed by atoms with van der Waals surface area (Å²) in [5.41, 5.74) is 7.54. The number of carbonyl (C=O) groups is 1. The van der Waals surface area contributed by atoms with Crippen LogP contribution in [0.1, 0.15) is 16.7 Å². The van der Waals surface area contributed by atoms with E-state index in [1.165, 1.54) is 0 Å². The number of para-hydroxylation sites is 1. The monoisotopic (exact) mass is 416 g/mol. The Labute approximate surface area is 180 Å². The van der Waals surface area contributed by atoms with Gasteiger partial charge in [0, 0.05) is 39.9 Å². The fraction of sp³-hybridized carbons (Fsp3) is 0.0833. The van der Waals surface area contributed by atoms with Crippen LogP contribution in [0.25, 0.3) is 10.9 Å². The molecule has 30 heavy (non-hydrogen) atoms. The molecule has 3 aromatic carbocycles. The van der Waals surface area contributed by atoms with Gasteiger partial charge in [-0.15, -0.1) is 0 Å². The van der Waals surface area contributed by atoms with Gasteiger partial charge in [0.15, 0.2) is 0 Å². The number of carbonyl (C=O) groups excluding carboxylic acids is 1. The first-order valence-electron chi connectivity index (χ1n) is 9.57. The maximum absolute atomic E-state index is 12.1. The van der Waals surface area contributed by atoms with Crippen molar-refractivity contribution < 1.29 is 4.79 Å². The second-order valence-corrected chi connectivity index (χ2v) is 7.48. The quantitative estimate of drug-likeness (QED) is 0.313. The van der Waals surface area contributed by atoms with Gasteiger partial charge in [0.05, 0.1) is 6.21 Å². The molecule has 0 fully saturated rings. The molecule has 0 unspecified atom stereocenters. The Hall–Kier alpha value is -3.57. The van der Waals surface area contributed by atoms with Crippen molar-refractivity contribution in [3.63, 3.8) is 0 Å². The lowest BCUT2D eigenvalue weighted by atomic mass is 10.2. The largest absolute Gasteiger partial charge is 0.342 e. The molecule has 0 atom stereocenters. The molecule has 0 bridgehead atoms. The van der Waals surface area contributed by atoms with Gasteiger partial charge in [-0.2, -0.15) is 5.10 Å². The molecule has 4 aromatic rings. The lowest BCUT2D eigenvalue weighted by Crippen LogP contribution is -2.24. The van der Waals surface area contributed by atoms with Gasteiger partial charge in [0.2, 0.25) is 0 Å². The maximum Gasteiger partial charge on any atom is 0.339 e. The first kappa shape index (κ1) is 19.7. The van der Waals surface area contributed by atoms with Crippen molar-refractivity contribution in [1.82, 2.24) is 9.99 Å². The molecule has 4 rings (SSSR count). The highest BCUT2D eigenvalue weighted by atomic mass is 35.5. The average Bonchev–Trinajstić information content (AvgIpc) is 3.09. The summed E-state index contributed by atoms with van der Waals surface area (Å²) in [5.74, 6) is 0. The minimum absolute atomic E-state index is 0.389. The number of anilines is 1. The number of hydrogen-bond donors (Lipinski definition) is 2. The van der Waals surface area contributed by atoms with Crippen LogP contribution in [-0.4, -0.2) is 16.8 Å². The molecule has 0 aliphatic heterocycles. The highest BCUT2D eigenvalue weighted by Gasteiger charge is 2.07. The normalized spacial score (nSPS) is 11.1. The number of aryl methyl sites for hydroxylation is 1. The third-order valence-electron chi connectivity index (χ3n) is 4.76. The molecule has 1 heterocycles. The minimum atomic E-state index is -0.389. The van der Waals surface area contributed by atoms with Crippen LogP contribution in [0.2, 0.25) is 5.02 Å². The first-order valence-corrected chi connectivity index (χ1v) is 9.95. The van der Waals surface area contributed by atoms with Gasteiger partial charge in [0.1, 0.15) is 0 Å². The van der Waals surface area contributed by atoms with Crippen LogP contribution in [0.4, 0.5) is 10.5 Å². The van der Waals surface area contributed by atoms with Crippen molar-refractivity contribution in [2.45, 2.75) is 13.5 Å². The van der Waals surface area contributed by atoms with Gasteiger partial charge < -0.3 is 9.88 Å². The molecule has 6 heteroatoms. The third kappa shape index (κ3) is 4.70. The molecular formula is C24H21ClN4O. The molecule has 0 aliphatic rings. The minimum Gasteiger partial charge on any atom is -0.342 e. The predicted molar refractivity (Wildman–Crippen MR) is 123 cm³/mol. The van der Waals surface area contributed by atoms with Crippen LogP contribution in [0, 0.1) is 6.92 Å². The molecule has 2 N–H and O–H groups in total. The van der Waals surface area contributed by atoms with Crippen LogP contribution >= 0.6 is 11.6 Å². The van der Waals surface area contributed by atoms with Gasteiger partial charge >= 0.3 is 6.03 Å². The van der Waals surface area contributed by atoms with Crippen LogP contribution in [-0.2, 0) is 6.54 Å².